The molecule has 1 saturated heterocycles. The zero-order valence-electron chi connectivity index (χ0n) is 10.2. The maximum atomic E-state index is 12.1. The molecule has 96 valence electrons. The lowest BCUT2D eigenvalue weighted by atomic mass is 10.1. The molecule has 3 nitrogen and oxygen atoms in total. The summed E-state index contributed by atoms with van der Waals surface area (Å²) in [5.74, 6) is 0.249. The van der Waals surface area contributed by atoms with Crippen LogP contribution in [0.5, 0.6) is 0 Å². The van der Waals surface area contributed by atoms with Gasteiger partial charge in [0.1, 0.15) is 0 Å². The van der Waals surface area contributed by atoms with E-state index in [1.54, 1.807) is 11.3 Å². The number of hydrogen-bond donors (Lipinski definition) is 1. The third-order valence-corrected chi connectivity index (χ3v) is 4.02. The maximum Gasteiger partial charge on any atom is 0.227 e. The Hall–Kier alpha value is -0.580. The van der Waals surface area contributed by atoms with Crippen LogP contribution in [0.25, 0.3) is 0 Å². The molecule has 2 atom stereocenters. The van der Waals surface area contributed by atoms with E-state index in [-0.39, 0.29) is 18.3 Å². The van der Waals surface area contributed by atoms with E-state index in [9.17, 15) is 4.79 Å². The molecule has 1 aromatic heterocycles. The van der Waals surface area contributed by atoms with Gasteiger partial charge in [0, 0.05) is 25.2 Å². The average Bonchev–Trinajstić information content (AvgIpc) is 2.74. The molecule has 0 aliphatic carbocycles. The largest absolute Gasteiger partial charge is 0.337 e. The summed E-state index contributed by atoms with van der Waals surface area (Å²) in [6.07, 6.45) is 0.542. The summed E-state index contributed by atoms with van der Waals surface area (Å²) in [7, 11) is 0. The van der Waals surface area contributed by atoms with Gasteiger partial charge in [-0.25, -0.2) is 0 Å². The van der Waals surface area contributed by atoms with Gasteiger partial charge in [0.2, 0.25) is 5.91 Å². The summed E-state index contributed by atoms with van der Waals surface area (Å²) in [5, 5.41) is 7.45. The van der Waals surface area contributed by atoms with Crippen LogP contribution in [0.2, 0.25) is 0 Å². The van der Waals surface area contributed by atoms with E-state index in [4.69, 9.17) is 0 Å². The van der Waals surface area contributed by atoms with Gasteiger partial charge in [-0.1, -0.05) is 0 Å². The van der Waals surface area contributed by atoms with Crippen molar-refractivity contribution in [2.24, 2.45) is 0 Å². The van der Waals surface area contributed by atoms with Crippen LogP contribution in [-0.2, 0) is 11.2 Å². The molecule has 0 radical (unpaired) electrons. The molecule has 1 aliphatic rings. The molecule has 1 aliphatic heterocycles. The number of hydrogen-bond acceptors (Lipinski definition) is 3. The van der Waals surface area contributed by atoms with Crippen molar-refractivity contribution in [3.63, 3.8) is 0 Å². The van der Waals surface area contributed by atoms with Crippen LogP contribution in [0.3, 0.4) is 0 Å². The first-order chi connectivity index (χ1) is 7.68. The second kappa shape index (κ2) is 6.38. The third-order valence-electron chi connectivity index (χ3n) is 3.29. The summed E-state index contributed by atoms with van der Waals surface area (Å²) < 4.78 is 0. The number of nitrogens with zero attached hydrogens (tertiary/aromatic N) is 1. The van der Waals surface area contributed by atoms with E-state index in [1.807, 2.05) is 21.7 Å². The van der Waals surface area contributed by atoms with Crippen molar-refractivity contribution in [1.82, 2.24) is 10.2 Å². The van der Waals surface area contributed by atoms with Gasteiger partial charge in [-0.15, -0.1) is 12.4 Å². The monoisotopic (exact) mass is 274 g/mol. The zero-order chi connectivity index (χ0) is 11.5. The summed E-state index contributed by atoms with van der Waals surface area (Å²) in [5.41, 5.74) is 1.13. The standard InChI is InChI=1S/C12H18N2OS.ClH/c1-9-10(2)14(5-4-13-9)12(15)7-11-3-6-16-8-11;/h3,6,8-10,13H,4-5,7H2,1-2H3;1H. The number of carbonyl (C=O) groups excluding carboxylic acids is 1. The summed E-state index contributed by atoms with van der Waals surface area (Å²) in [6, 6.07) is 2.71. The second-order valence-corrected chi connectivity index (χ2v) is 5.16. The Bertz CT molecular complexity index is 355. The van der Waals surface area contributed by atoms with Crippen molar-refractivity contribution in [3.05, 3.63) is 22.4 Å². The number of halogens is 1. The van der Waals surface area contributed by atoms with Crippen LogP contribution in [0.15, 0.2) is 16.8 Å². The average molecular weight is 275 g/mol. The highest BCUT2D eigenvalue weighted by atomic mass is 35.5. The molecule has 2 unspecified atom stereocenters. The van der Waals surface area contributed by atoms with E-state index in [1.165, 1.54) is 0 Å². The molecule has 17 heavy (non-hydrogen) atoms. The second-order valence-electron chi connectivity index (χ2n) is 4.38. The molecule has 5 heteroatoms. The number of amides is 1. The van der Waals surface area contributed by atoms with Gasteiger partial charge in [-0.2, -0.15) is 11.3 Å². The normalized spacial score (nSPS) is 24.2. The van der Waals surface area contributed by atoms with Crippen molar-refractivity contribution in [2.75, 3.05) is 13.1 Å². The van der Waals surface area contributed by atoms with E-state index < -0.39 is 0 Å². The number of rotatable bonds is 2. The molecule has 0 aromatic carbocycles. The Labute approximate surface area is 113 Å². The van der Waals surface area contributed by atoms with Crippen LogP contribution in [0, 0.1) is 0 Å². The van der Waals surface area contributed by atoms with E-state index in [0.717, 1.165) is 18.7 Å². The lowest BCUT2D eigenvalue weighted by molar-refractivity contribution is -0.134. The topological polar surface area (TPSA) is 32.3 Å². The van der Waals surface area contributed by atoms with E-state index in [2.05, 4.69) is 19.2 Å². The highest BCUT2D eigenvalue weighted by Gasteiger charge is 2.27. The Morgan fingerprint density at radius 3 is 3.00 bits per heavy atom. The minimum atomic E-state index is 0. The summed E-state index contributed by atoms with van der Waals surface area (Å²) in [6.45, 7) is 5.98. The molecule has 0 bridgehead atoms. The van der Waals surface area contributed by atoms with Crippen LogP contribution >= 0.6 is 23.7 Å². The molecule has 1 fully saturated rings. The van der Waals surface area contributed by atoms with E-state index >= 15 is 0 Å². The molecule has 2 heterocycles. The fourth-order valence-electron chi connectivity index (χ4n) is 2.08. The van der Waals surface area contributed by atoms with Crippen LogP contribution in [0.4, 0.5) is 0 Å². The van der Waals surface area contributed by atoms with Crippen molar-refractivity contribution in [2.45, 2.75) is 32.4 Å². The van der Waals surface area contributed by atoms with Gasteiger partial charge in [-0.3, -0.25) is 4.79 Å². The number of thiophene rings is 1. The lowest BCUT2D eigenvalue weighted by Gasteiger charge is -2.38. The first kappa shape index (κ1) is 14.5. The highest BCUT2D eigenvalue weighted by molar-refractivity contribution is 7.07. The smallest absolute Gasteiger partial charge is 0.227 e. The molecule has 1 amide bonds. The molecule has 2 rings (SSSR count). The summed E-state index contributed by atoms with van der Waals surface area (Å²) >= 11 is 1.65. The van der Waals surface area contributed by atoms with Crippen LogP contribution in [-0.4, -0.2) is 36.0 Å². The lowest BCUT2D eigenvalue weighted by Crippen LogP contribution is -2.57. The third kappa shape index (κ3) is 3.44. The zero-order valence-corrected chi connectivity index (χ0v) is 11.8. The highest BCUT2D eigenvalue weighted by Crippen LogP contribution is 2.13. The van der Waals surface area contributed by atoms with Gasteiger partial charge in [-0.05, 0) is 36.2 Å². The van der Waals surface area contributed by atoms with E-state index in [0.29, 0.717) is 18.5 Å². The molecule has 0 spiro atoms. The van der Waals surface area contributed by atoms with Crippen LogP contribution in [0.1, 0.15) is 19.4 Å². The minimum Gasteiger partial charge on any atom is -0.337 e. The van der Waals surface area contributed by atoms with Crippen molar-refractivity contribution < 1.29 is 4.79 Å². The fourth-order valence-corrected chi connectivity index (χ4v) is 2.75. The Morgan fingerprint density at radius 1 is 1.59 bits per heavy atom. The predicted octanol–water partition coefficient (Wildman–Crippen LogP) is 1.92. The SMILES string of the molecule is CC1NCCN(C(=O)Cc2ccsc2)C1C.Cl. The molecule has 1 aromatic rings. The molecular weight excluding hydrogens is 256 g/mol. The van der Waals surface area contributed by atoms with Crippen molar-refractivity contribution >= 4 is 29.7 Å². The van der Waals surface area contributed by atoms with Gasteiger partial charge >= 0.3 is 0 Å². The van der Waals surface area contributed by atoms with Crippen LogP contribution < -0.4 is 5.32 Å². The van der Waals surface area contributed by atoms with Gasteiger partial charge in [0.05, 0.1) is 6.42 Å². The number of carbonyl (C=O) groups is 1. The molecule has 1 N–H and O–H groups in total. The first-order valence-electron chi connectivity index (χ1n) is 5.72. The van der Waals surface area contributed by atoms with Gasteiger partial charge in [0.25, 0.3) is 0 Å². The predicted molar refractivity (Wildman–Crippen MR) is 73.9 cm³/mol. The Morgan fingerprint density at radius 2 is 2.35 bits per heavy atom. The number of nitrogens with one attached hydrogen (secondary N) is 1. The number of piperazine rings is 1. The van der Waals surface area contributed by atoms with Gasteiger partial charge < -0.3 is 10.2 Å². The Balaban J connectivity index is 0.00000144. The molecule has 0 saturated carbocycles. The van der Waals surface area contributed by atoms with Gasteiger partial charge in [0.15, 0.2) is 0 Å². The maximum absolute atomic E-state index is 12.1. The first-order valence-corrected chi connectivity index (χ1v) is 6.66. The van der Waals surface area contributed by atoms with Crippen molar-refractivity contribution in [1.29, 1.82) is 0 Å². The molecular formula is C12H19ClN2OS. The fraction of sp³-hybridized carbons (Fsp3) is 0.583. The summed E-state index contributed by atoms with van der Waals surface area (Å²) in [4.78, 5) is 14.1. The Kier molecular flexibility index (Phi) is 5.43. The quantitative estimate of drug-likeness (QED) is 0.894. The minimum absolute atomic E-state index is 0. The van der Waals surface area contributed by atoms with Crippen molar-refractivity contribution in [3.8, 4) is 0 Å².